The van der Waals surface area contributed by atoms with Crippen molar-refractivity contribution in [3.8, 4) is 0 Å². The molecule has 0 aliphatic carbocycles. The molecular weight excluding hydrogens is 524 g/mol. The van der Waals surface area contributed by atoms with E-state index < -0.39 is 54.6 Å². The number of hydroxylamine groups is 2. The maximum absolute atomic E-state index is 14.2. The Hall–Kier alpha value is -3.39. The monoisotopic (exact) mass is 546 g/mol. The molecule has 1 unspecified atom stereocenters. The number of aromatic nitrogens is 2. The number of likely N-dealkylation sites (N-methyl/N-ethyl adjacent to an activating group) is 1. The van der Waals surface area contributed by atoms with Crippen molar-refractivity contribution < 1.29 is 36.8 Å². The Labute approximate surface area is 213 Å². The Morgan fingerprint density at radius 2 is 2.00 bits per heavy atom. The standard InChI is InChI=1S/C22H23ClF4N6O4/c1-10-4-15-11(7-32(10)22(36)28-16-5-12(23)13(24)6-14(16)25)19-21(35)31(3)37-17(8-33(19)29-15)20(34)30(2)9-18(26)27/h5-6,10,17-18H,4,7-9H2,1-3H3,(H,28,36)/t10-,17?/m1/s1. The number of halogens is 5. The molecule has 10 nitrogen and oxygen atoms in total. The molecule has 0 spiro atoms. The number of hydrogen-bond acceptors (Lipinski definition) is 5. The Morgan fingerprint density at radius 1 is 1.30 bits per heavy atom. The Kier molecular flexibility index (Phi) is 7.33. The number of nitrogens with zero attached hydrogens (tertiary/aromatic N) is 5. The first-order valence-corrected chi connectivity index (χ1v) is 11.5. The van der Waals surface area contributed by atoms with Crippen LogP contribution in [-0.4, -0.2) is 81.7 Å². The molecule has 1 aromatic heterocycles. The first kappa shape index (κ1) is 26.7. The fourth-order valence-electron chi connectivity index (χ4n) is 4.29. The molecule has 200 valence electrons. The second kappa shape index (κ2) is 10.2. The van der Waals surface area contributed by atoms with E-state index in [1.54, 1.807) is 6.92 Å². The molecule has 0 bridgehead atoms. The van der Waals surface area contributed by atoms with Gasteiger partial charge in [0, 0.05) is 38.2 Å². The summed E-state index contributed by atoms with van der Waals surface area (Å²) < 4.78 is 54.4. The van der Waals surface area contributed by atoms with Gasteiger partial charge in [-0.3, -0.25) is 19.1 Å². The van der Waals surface area contributed by atoms with E-state index in [4.69, 9.17) is 16.4 Å². The van der Waals surface area contributed by atoms with Crippen molar-refractivity contribution in [2.75, 3.05) is 26.0 Å². The lowest BCUT2D eigenvalue weighted by atomic mass is 9.99. The number of amides is 4. The quantitative estimate of drug-likeness (QED) is 0.470. The Morgan fingerprint density at radius 3 is 2.68 bits per heavy atom. The van der Waals surface area contributed by atoms with Gasteiger partial charge >= 0.3 is 6.03 Å². The normalized spacial score (nSPS) is 19.4. The van der Waals surface area contributed by atoms with E-state index >= 15 is 0 Å². The third-order valence-corrected chi connectivity index (χ3v) is 6.46. The van der Waals surface area contributed by atoms with Crippen LogP contribution in [0.15, 0.2) is 12.1 Å². The van der Waals surface area contributed by atoms with E-state index in [9.17, 15) is 31.9 Å². The highest BCUT2D eigenvalue weighted by Gasteiger charge is 2.40. The van der Waals surface area contributed by atoms with Gasteiger partial charge in [-0.05, 0) is 13.0 Å². The van der Waals surface area contributed by atoms with Crippen LogP contribution in [0.2, 0.25) is 5.02 Å². The summed E-state index contributed by atoms with van der Waals surface area (Å²) in [5.41, 5.74) is 0.672. The number of carbonyl (C=O) groups excluding carboxylic acids is 3. The molecule has 2 aromatic rings. The highest BCUT2D eigenvalue weighted by atomic mass is 35.5. The van der Waals surface area contributed by atoms with Crippen LogP contribution < -0.4 is 5.32 Å². The SMILES string of the molecule is C[C@@H]1Cc2nn3c(c2CN1C(=O)Nc1cc(Cl)c(F)cc1F)C(=O)N(C)OC(C(=O)N(C)CC(F)F)C3. The van der Waals surface area contributed by atoms with Crippen LogP contribution in [0.5, 0.6) is 0 Å². The highest BCUT2D eigenvalue weighted by molar-refractivity contribution is 6.31. The van der Waals surface area contributed by atoms with Gasteiger partial charge in [0.05, 0.1) is 36.0 Å². The van der Waals surface area contributed by atoms with Crippen LogP contribution >= 0.6 is 11.6 Å². The fourth-order valence-corrected chi connectivity index (χ4v) is 4.45. The van der Waals surface area contributed by atoms with E-state index in [2.05, 4.69) is 10.4 Å². The van der Waals surface area contributed by atoms with Crippen LogP contribution in [0.3, 0.4) is 0 Å². The zero-order valence-corrected chi connectivity index (χ0v) is 20.7. The number of rotatable bonds is 4. The zero-order chi connectivity index (χ0) is 27.2. The second-order valence-corrected chi connectivity index (χ2v) is 9.23. The molecule has 1 N–H and O–H groups in total. The van der Waals surface area contributed by atoms with Gasteiger partial charge in [-0.25, -0.2) is 27.4 Å². The van der Waals surface area contributed by atoms with Crippen molar-refractivity contribution in [3.05, 3.63) is 45.7 Å². The van der Waals surface area contributed by atoms with Gasteiger partial charge in [0.2, 0.25) is 0 Å². The average molecular weight is 547 g/mol. The number of fused-ring (bicyclic) bond motifs is 3. The summed E-state index contributed by atoms with van der Waals surface area (Å²) >= 11 is 5.70. The maximum atomic E-state index is 14.2. The van der Waals surface area contributed by atoms with Gasteiger partial charge < -0.3 is 15.1 Å². The molecular formula is C22H23ClF4N6O4. The van der Waals surface area contributed by atoms with Crippen LogP contribution in [0.1, 0.15) is 28.7 Å². The van der Waals surface area contributed by atoms with Crippen LogP contribution in [0.25, 0.3) is 0 Å². The van der Waals surface area contributed by atoms with Crippen molar-refractivity contribution in [2.24, 2.45) is 0 Å². The number of carbonyl (C=O) groups is 3. The number of anilines is 1. The summed E-state index contributed by atoms with van der Waals surface area (Å²) in [7, 11) is 2.48. The minimum Gasteiger partial charge on any atom is -0.338 e. The minimum absolute atomic E-state index is 0.0741. The molecule has 4 rings (SSSR count). The first-order valence-electron chi connectivity index (χ1n) is 11.2. The molecule has 2 aliphatic heterocycles. The molecule has 2 atom stereocenters. The molecule has 2 aliphatic rings. The largest absolute Gasteiger partial charge is 0.338 e. The van der Waals surface area contributed by atoms with E-state index in [0.717, 1.165) is 16.0 Å². The predicted octanol–water partition coefficient (Wildman–Crippen LogP) is 2.90. The molecule has 4 amide bonds. The molecule has 0 saturated carbocycles. The zero-order valence-electron chi connectivity index (χ0n) is 20.0. The van der Waals surface area contributed by atoms with Gasteiger partial charge in [-0.15, -0.1) is 0 Å². The third-order valence-electron chi connectivity index (χ3n) is 6.17. The predicted molar refractivity (Wildman–Crippen MR) is 122 cm³/mol. The van der Waals surface area contributed by atoms with Gasteiger partial charge in [-0.2, -0.15) is 5.10 Å². The lowest BCUT2D eigenvalue weighted by Gasteiger charge is -2.33. The van der Waals surface area contributed by atoms with Crippen molar-refractivity contribution in [3.63, 3.8) is 0 Å². The fraction of sp³-hybridized carbons (Fsp3) is 0.455. The molecule has 0 fully saturated rings. The third kappa shape index (κ3) is 5.21. The molecule has 0 radical (unpaired) electrons. The van der Waals surface area contributed by atoms with Gasteiger partial charge in [0.25, 0.3) is 18.2 Å². The Bertz CT molecular complexity index is 1260. The lowest BCUT2D eigenvalue weighted by molar-refractivity contribution is -0.177. The number of nitrogens with one attached hydrogen (secondary N) is 1. The molecule has 1 aromatic carbocycles. The van der Waals surface area contributed by atoms with E-state index in [0.29, 0.717) is 17.3 Å². The highest BCUT2D eigenvalue weighted by Crippen LogP contribution is 2.30. The van der Waals surface area contributed by atoms with Crippen LogP contribution in [-0.2, 0) is 29.1 Å². The van der Waals surface area contributed by atoms with Crippen molar-refractivity contribution in [1.29, 1.82) is 0 Å². The number of alkyl halides is 2. The van der Waals surface area contributed by atoms with E-state index in [1.165, 1.54) is 23.7 Å². The summed E-state index contributed by atoms with van der Waals surface area (Å²) in [5, 5.41) is 7.27. The van der Waals surface area contributed by atoms with Gasteiger partial charge in [-0.1, -0.05) is 11.6 Å². The Balaban J connectivity index is 1.60. The van der Waals surface area contributed by atoms with Crippen LogP contribution in [0, 0.1) is 11.6 Å². The van der Waals surface area contributed by atoms with Crippen molar-refractivity contribution in [1.82, 2.24) is 24.6 Å². The first-order chi connectivity index (χ1) is 17.4. The average Bonchev–Trinajstić information content (AvgIpc) is 3.10. The van der Waals surface area contributed by atoms with Gasteiger partial charge in [0.1, 0.15) is 17.3 Å². The summed E-state index contributed by atoms with van der Waals surface area (Å²) in [6.45, 7) is 0.617. The molecule has 37 heavy (non-hydrogen) atoms. The summed E-state index contributed by atoms with van der Waals surface area (Å²) in [4.78, 5) is 46.4. The molecule has 0 saturated heterocycles. The van der Waals surface area contributed by atoms with Gasteiger partial charge in [0.15, 0.2) is 6.10 Å². The smallest absolute Gasteiger partial charge is 0.322 e. The summed E-state index contributed by atoms with van der Waals surface area (Å²) in [6, 6.07) is 0.364. The molecule has 15 heteroatoms. The number of hydrogen-bond donors (Lipinski definition) is 1. The van der Waals surface area contributed by atoms with E-state index in [-0.39, 0.29) is 35.9 Å². The maximum Gasteiger partial charge on any atom is 0.322 e. The van der Waals surface area contributed by atoms with E-state index in [1.807, 2.05) is 0 Å². The van der Waals surface area contributed by atoms with Crippen molar-refractivity contribution in [2.45, 2.75) is 45.0 Å². The summed E-state index contributed by atoms with van der Waals surface area (Å²) in [5.74, 6) is -3.39. The number of benzene rings is 1. The topological polar surface area (TPSA) is 100 Å². The molecule has 3 heterocycles. The number of urea groups is 1. The van der Waals surface area contributed by atoms with Crippen LogP contribution in [0.4, 0.5) is 28.0 Å². The minimum atomic E-state index is -2.75. The lowest BCUT2D eigenvalue weighted by Crippen LogP contribution is -2.45. The summed E-state index contributed by atoms with van der Waals surface area (Å²) in [6.07, 6.45) is -3.80. The van der Waals surface area contributed by atoms with Crippen molar-refractivity contribution >= 4 is 35.1 Å². The second-order valence-electron chi connectivity index (χ2n) is 8.82.